The van der Waals surface area contributed by atoms with Gasteiger partial charge >= 0.3 is 5.97 Å². The number of halogens is 1. The third kappa shape index (κ3) is 2.46. The molecule has 5 nitrogen and oxygen atoms in total. The summed E-state index contributed by atoms with van der Waals surface area (Å²) in [5.41, 5.74) is -0.0338. The van der Waals surface area contributed by atoms with E-state index in [9.17, 15) is 4.79 Å². The normalized spacial score (nSPS) is 10.9. The second-order valence-corrected chi connectivity index (χ2v) is 3.49. The topological polar surface area (TPSA) is 66.6 Å². The van der Waals surface area contributed by atoms with Crippen LogP contribution >= 0.6 is 11.6 Å². The summed E-state index contributed by atoms with van der Waals surface area (Å²) in [6, 6.07) is 0. The van der Waals surface area contributed by atoms with E-state index in [-0.39, 0.29) is 10.7 Å². The summed E-state index contributed by atoms with van der Waals surface area (Å²) < 4.78 is 4.82. The minimum atomic E-state index is -1.11. The second-order valence-electron chi connectivity index (χ2n) is 3.13. The molecule has 1 rings (SSSR count). The third-order valence-electron chi connectivity index (χ3n) is 1.72. The Bertz CT molecular complexity index is 335. The Morgan fingerprint density at radius 2 is 2.29 bits per heavy atom. The smallest absolute Gasteiger partial charge is 0.342 e. The van der Waals surface area contributed by atoms with Crippen molar-refractivity contribution in [3.8, 4) is 0 Å². The molecule has 1 N–H and O–H groups in total. The summed E-state index contributed by atoms with van der Waals surface area (Å²) in [7, 11) is 3.77. The molecule has 0 aliphatic rings. The molecular formula is C8H11ClN2O3. The summed E-state index contributed by atoms with van der Waals surface area (Å²) in [6.07, 6.45) is 0.481. The fourth-order valence-electron chi connectivity index (χ4n) is 1.00. The maximum Gasteiger partial charge on any atom is 0.342 e. The fraction of sp³-hybridized carbons (Fsp3) is 0.500. The van der Waals surface area contributed by atoms with E-state index in [1.807, 2.05) is 19.0 Å². The van der Waals surface area contributed by atoms with E-state index in [0.29, 0.717) is 18.7 Å². The first-order chi connectivity index (χ1) is 6.52. The Kier molecular flexibility index (Phi) is 3.49. The van der Waals surface area contributed by atoms with E-state index in [0.717, 1.165) is 0 Å². The van der Waals surface area contributed by atoms with E-state index >= 15 is 0 Å². The van der Waals surface area contributed by atoms with E-state index in [4.69, 9.17) is 21.2 Å². The van der Waals surface area contributed by atoms with Crippen LogP contribution in [0.5, 0.6) is 0 Å². The predicted molar refractivity (Wildman–Crippen MR) is 50.7 cm³/mol. The monoisotopic (exact) mass is 218 g/mol. The number of carbonyl (C=O) groups is 1. The van der Waals surface area contributed by atoms with Crippen molar-refractivity contribution in [1.82, 2.24) is 10.1 Å². The number of aromatic carboxylic acids is 1. The van der Waals surface area contributed by atoms with Gasteiger partial charge in [0.05, 0.1) is 0 Å². The fourth-order valence-corrected chi connectivity index (χ4v) is 1.23. The number of likely N-dealkylation sites (N-methyl/N-ethyl adjacent to an activating group) is 1. The molecule has 0 radical (unpaired) electrons. The quantitative estimate of drug-likeness (QED) is 0.821. The number of carboxylic acid groups (broad SMARTS) is 1. The number of aromatic nitrogens is 1. The molecule has 1 heterocycles. The number of hydrogen-bond acceptors (Lipinski definition) is 4. The van der Waals surface area contributed by atoms with Crippen molar-refractivity contribution in [2.24, 2.45) is 0 Å². The van der Waals surface area contributed by atoms with Crippen LogP contribution in [0, 0.1) is 0 Å². The lowest BCUT2D eigenvalue weighted by molar-refractivity contribution is 0.0694. The number of hydrogen-bond donors (Lipinski definition) is 1. The molecule has 1 aromatic rings. The minimum absolute atomic E-state index is 0.0338. The second kappa shape index (κ2) is 4.43. The largest absolute Gasteiger partial charge is 0.477 e. The van der Waals surface area contributed by atoms with Crippen molar-refractivity contribution in [3.05, 3.63) is 16.5 Å². The molecule has 0 unspecified atom stereocenters. The number of nitrogens with zero attached hydrogens (tertiary/aromatic N) is 2. The van der Waals surface area contributed by atoms with Gasteiger partial charge in [0.2, 0.25) is 0 Å². The SMILES string of the molecule is CN(C)CCc1onc(Cl)c1C(=O)O. The first-order valence-corrected chi connectivity index (χ1v) is 4.42. The number of rotatable bonds is 4. The van der Waals surface area contributed by atoms with Crippen LogP contribution < -0.4 is 0 Å². The van der Waals surface area contributed by atoms with Crippen LogP contribution in [-0.4, -0.2) is 41.8 Å². The zero-order chi connectivity index (χ0) is 10.7. The van der Waals surface area contributed by atoms with Crippen LogP contribution in [0.25, 0.3) is 0 Å². The van der Waals surface area contributed by atoms with E-state index < -0.39 is 5.97 Å². The lowest BCUT2D eigenvalue weighted by atomic mass is 10.2. The molecule has 0 aromatic carbocycles. The van der Waals surface area contributed by atoms with Crippen molar-refractivity contribution in [2.75, 3.05) is 20.6 Å². The average Bonchev–Trinajstić information content (AvgIpc) is 2.43. The molecule has 0 saturated heterocycles. The molecule has 14 heavy (non-hydrogen) atoms. The van der Waals surface area contributed by atoms with Gasteiger partial charge in [0, 0.05) is 13.0 Å². The van der Waals surface area contributed by atoms with Gasteiger partial charge in [0.25, 0.3) is 0 Å². The lowest BCUT2D eigenvalue weighted by Crippen LogP contribution is -2.16. The molecule has 0 saturated carbocycles. The summed E-state index contributed by atoms with van der Waals surface area (Å²) in [4.78, 5) is 12.7. The molecule has 0 aliphatic heterocycles. The Morgan fingerprint density at radius 3 is 2.79 bits per heavy atom. The Balaban J connectivity index is 2.81. The molecule has 0 atom stereocenters. The maximum absolute atomic E-state index is 10.8. The summed E-state index contributed by atoms with van der Waals surface area (Å²) in [5.74, 6) is -0.791. The summed E-state index contributed by atoms with van der Waals surface area (Å²) in [6.45, 7) is 0.686. The Hall–Kier alpha value is -1.07. The number of carboxylic acids is 1. The van der Waals surface area contributed by atoms with Crippen LogP contribution in [0.4, 0.5) is 0 Å². The van der Waals surface area contributed by atoms with Crippen LogP contribution in [0.3, 0.4) is 0 Å². The van der Waals surface area contributed by atoms with Crippen LogP contribution in [0.15, 0.2) is 4.52 Å². The van der Waals surface area contributed by atoms with Gasteiger partial charge in [-0.1, -0.05) is 16.8 Å². The Morgan fingerprint density at radius 1 is 1.64 bits per heavy atom. The summed E-state index contributed by atoms with van der Waals surface area (Å²) in [5, 5.41) is 12.1. The summed E-state index contributed by atoms with van der Waals surface area (Å²) >= 11 is 5.56. The molecule has 78 valence electrons. The van der Waals surface area contributed by atoms with Crippen LogP contribution in [0.2, 0.25) is 5.15 Å². The van der Waals surface area contributed by atoms with Gasteiger partial charge in [-0.05, 0) is 14.1 Å². The Labute approximate surface area is 86.2 Å². The van der Waals surface area contributed by atoms with Crippen molar-refractivity contribution in [3.63, 3.8) is 0 Å². The standard InChI is InChI=1S/C8H11ClN2O3/c1-11(2)4-3-5-6(8(12)13)7(9)10-14-5/h3-4H2,1-2H3,(H,12,13). The first-order valence-electron chi connectivity index (χ1n) is 4.04. The van der Waals surface area contributed by atoms with E-state index in [1.165, 1.54) is 0 Å². The first kappa shape index (κ1) is 11.0. The van der Waals surface area contributed by atoms with Gasteiger partial charge in [-0.3, -0.25) is 0 Å². The molecule has 0 fully saturated rings. The van der Waals surface area contributed by atoms with Gasteiger partial charge in [0.15, 0.2) is 10.9 Å². The molecule has 0 bridgehead atoms. The highest BCUT2D eigenvalue weighted by Crippen LogP contribution is 2.19. The zero-order valence-electron chi connectivity index (χ0n) is 7.95. The third-order valence-corrected chi connectivity index (χ3v) is 1.98. The molecule has 1 aromatic heterocycles. The molecule has 0 amide bonds. The van der Waals surface area contributed by atoms with Crippen molar-refractivity contribution >= 4 is 17.6 Å². The molecular weight excluding hydrogens is 208 g/mol. The van der Waals surface area contributed by atoms with Gasteiger partial charge in [-0.2, -0.15) is 0 Å². The van der Waals surface area contributed by atoms with Crippen LogP contribution in [-0.2, 0) is 6.42 Å². The van der Waals surface area contributed by atoms with Gasteiger partial charge in [-0.25, -0.2) is 4.79 Å². The predicted octanol–water partition coefficient (Wildman–Crippen LogP) is 1.13. The van der Waals surface area contributed by atoms with Crippen molar-refractivity contribution in [1.29, 1.82) is 0 Å². The molecule has 6 heteroatoms. The van der Waals surface area contributed by atoms with Crippen molar-refractivity contribution in [2.45, 2.75) is 6.42 Å². The molecule has 0 aliphatic carbocycles. The lowest BCUT2D eigenvalue weighted by Gasteiger charge is -2.06. The van der Waals surface area contributed by atoms with Gasteiger partial charge < -0.3 is 14.5 Å². The van der Waals surface area contributed by atoms with Gasteiger partial charge in [0.1, 0.15) is 5.56 Å². The molecule has 0 spiro atoms. The van der Waals surface area contributed by atoms with Gasteiger partial charge in [-0.15, -0.1) is 0 Å². The van der Waals surface area contributed by atoms with E-state index in [1.54, 1.807) is 0 Å². The minimum Gasteiger partial charge on any atom is -0.477 e. The highest BCUT2D eigenvalue weighted by atomic mass is 35.5. The van der Waals surface area contributed by atoms with Crippen molar-refractivity contribution < 1.29 is 14.4 Å². The highest BCUT2D eigenvalue weighted by Gasteiger charge is 2.20. The zero-order valence-corrected chi connectivity index (χ0v) is 8.71. The van der Waals surface area contributed by atoms with E-state index in [2.05, 4.69) is 5.16 Å². The van der Waals surface area contributed by atoms with Crippen LogP contribution in [0.1, 0.15) is 16.1 Å². The highest BCUT2D eigenvalue weighted by molar-refractivity contribution is 6.32. The maximum atomic E-state index is 10.8. The average molecular weight is 219 g/mol.